The highest BCUT2D eigenvalue weighted by Crippen LogP contribution is 2.24. The van der Waals surface area contributed by atoms with Gasteiger partial charge in [-0.3, -0.25) is 9.67 Å². The highest BCUT2D eigenvalue weighted by atomic mass is 79.9. The van der Waals surface area contributed by atoms with Crippen molar-refractivity contribution in [2.45, 2.75) is 52.2 Å². The van der Waals surface area contributed by atoms with Gasteiger partial charge >= 0.3 is 0 Å². The molecule has 0 spiro atoms. The maximum Gasteiger partial charge on any atom is 0.0766 e. The third-order valence-corrected chi connectivity index (χ3v) is 4.55. The fourth-order valence-electron chi connectivity index (χ4n) is 2.42. The van der Waals surface area contributed by atoms with Gasteiger partial charge in [-0.2, -0.15) is 5.10 Å². The van der Waals surface area contributed by atoms with Crippen LogP contribution in [0.25, 0.3) is 0 Å². The third-order valence-electron chi connectivity index (χ3n) is 3.64. The molecule has 2 rings (SSSR count). The quantitative estimate of drug-likeness (QED) is 0.833. The zero-order chi connectivity index (χ0) is 15.2. The average molecular weight is 352 g/mol. The van der Waals surface area contributed by atoms with E-state index >= 15 is 0 Å². The first kappa shape index (κ1) is 16.2. The molecule has 0 aliphatic rings. The van der Waals surface area contributed by atoms with E-state index < -0.39 is 0 Å². The van der Waals surface area contributed by atoms with Crippen molar-refractivity contribution in [2.75, 3.05) is 0 Å². The van der Waals surface area contributed by atoms with E-state index in [0.717, 1.165) is 41.7 Å². The number of aromatic nitrogens is 3. The maximum atomic E-state index is 10.3. The van der Waals surface area contributed by atoms with Crippen LogP contribution in [0.15, 0.2) is 29.0 Å². The molecule has 2 aromatic rings. The summed E-state index contributed by atoms with van der Waals surface area (Å²) in [6.07, 6.45) is 6.35. The molecule has 1 atom stereocenters. The topological polar surface area (TPSA) is 50.9 Å². The Balaban J connectivity index is 1.99. The fraction of sp³-hybridized carbons (Fsp3) is 0.500. The van der Waals surface area contributed by atoms with Crippen LogP contribution in [0.1, 0.15) is 37.2 Å². The number of aliphatic hydroxyl groups is 1. The summed E-state index contributed by atoms with van der Waals surface area (Å²) in [4.78, 5) is 4.01. The van der Waals surface area contributed by atoms with Crippen molar-refractivity contribution in [3.63, 3.8) is 0 Å². The van der Waals surface area contributed by atoms with Crippen LogP contribution in [0.2, 0.25) is 0 Å². The Morgan fingerprint density at radius 1 is 1.29 bits per heavy atom. The Morgan fingerprint density at radius 3 is 2.62 bits per heavy atom. The predicted molar refractivity (Wildman–Crippen MR) is 87.2 cm³/mol. The first-order chi connectivity index (χ1) is 10.2. The molecule has 0 aliphatic carbocycles. The number of pyridine rings is 1. The number of hydrogen-bond acceptors (Lipinski definition) is 3. The van der Waals surface area contributed by atoms with Gasteiger partial charge in [0.1, 0.15) is 0 Å². The van der Waals surface area contributed by atoms with Crippen molar-refractivity contribution in [3.05, 3.63) is 46.0 Å². The van der Waals surface area contributed by atoms with Crippen molar-refractivity contribution < 1.29 is 5.11 Å². The SMILES string of the molecule is CCc1nn(CC)c(CC(O)CCc2ccncc2)c1Br. The average Bonchev–Trinajstić information content (AvgIpc) is 2.82. The van der Waals surface area contributed by atoms with Gasteiger partial charge in [0.25, 0.3) is 0 Å². The highest BCUT2D eigenvalue weighted by Gasteiger charge is 2.17. The Bertz CT molecular complexity index is 568. The molecule has 1 N–H and O–H groups in total. The van der Waals surface area contributed by atoms with E-state index in [1.165, 1.54) is 5.56 Å². The molecule has 1 unspecified atom stereocenters. The number of hydrogen-bond donors (Lipinski definition) is 1. The van der Waals surface area contributed by atoms with Crippen LogP contribution in [-0.2, 0) is 25.8 Å². The van der Waals surface area contributed by atoms with Crippen LogP contribution in [0.3, 0.4) is 0 Å². The molecule has 0 radical (unpaired) electrons. The van der Waals surface area contributed by atoms with Crippen molar-refractivity contribution in [3.8, 4) is 0 Å². The molecule has 0 aromatic carbocycles. The minimum absolute atomic E-state index is 0.360. The van der Waals surface area contributed by atoms with Gasteiger partial charge in [0.2, 0.25) is 0 Å². The molecule has 21 heavy (non-hydrogen) atoms. The minimum atomic E-state index is -0.360. The first-order valence-corrected chi connectivity index (χ1v) is 8.26. The number of halogens is 1. The van der Waals surface area contributed by atoms with Crippen LogP contribution in [0, 0.1) is 0 Å². The van der Waals surface area contributed by atoms with Crippen LogP contribution >= 0.6 is 15.9 Å². The number of aliphatic hydroxyl groups excluding tert-OH is 1. The summed E-state index contributed by atoms with van der Waals surface area (Å²) in [7, 11) is 0. The zero-order valence-corrected chi connectivity index (χ0v) is 14.2. The highest BCUT2D eigenvalue weighted by molar-refractivity contribution is 9.10. The number of rotatable bonds is 7. The third kappa shape index (κ3) is 4.14. The molecule has 114 valence electrons. The van der Waals surface area contributed by atoms with Crippen LogP contribution in [0.4, 0.5) is 0 Å². The second kappa shape index (κ2) is 7.71. The van der Waals surface area contributed by atoms with Crippen molar-refractivity contribution in [2.24, 2.45) is 0 Å². The smallest absolute Gasteiger partial charge is 0.0766 e. The molecule has 0 amide bonds. The molecule has 0 saturated carbocycles. The van der Waals surface area contributed by atoms with Crippen molar-refractivity contribution in [1.29, 1.82) is 0 Å². The van der Waals surface area contributed by atoms with Crippen LogP contribution < -0.4 is 0 Å². The molecule has 0 saturated heterocycles. The Kier molecular flexibility index (Phi) is 5.94. The molecule has 0 bridgehead atoms. The minimum Gasteiger partial charge on any atom is -0.393 e. The van der Waals surface area contributed by atoms with Crippen LogP contribution in [0.5, 0.6) is 0 Å². The van der Waals surface area contributed by atoms with E-state index in [4.69, 9.17) is 0 Å². The first-order valence-electron chi connectivity index (χ1n) is 7.46. The molecule has 4 nitrogen and oxygen atoms in total. The fourth-order valence-corrected chi connectivity index (χ4v) is 3.15. The lowest BCUT2D eigenvalue weighted by atomic mass is 10.0. The van der Waals surface area contributed by atoms with Gasteiger partial charge in [-0.15, -0.1) is 0 Å². The summed E-state index contributed by atoms with van der Waals surface area (Å²) in [5.74, 6) is 0. The lowest BCUT2D eigenvalue weighted by molar-refractivity contribution is 0.162. The van der Waals surface area contributed by atoms with E-state index in [1.54, 1.807) is 12.4 Å². The maximum absolute atomic E-state index is 10.3. The van der Waals surface area contributed by atoms with Gasteiger partial charge in [-0.05, 0) is 59.8 Å². The molecule has 2 aromatic heterocycles. The molecule has 0 aliphatic heterocycles. The van der Waals surface area contributed by atoms with Gasteiger partial charge in [0.05, 0.1) is 22.0 Å². The lowest BCUT2D eigenvalue weighted by Crippen LogP contribution is -2.15. The Hall–Kier alpha value is -1.20. The summed E-state index contributed by atoms with van der Waals surface area (Å²) in [6.45, 7) is 4.99. The molecule has 0 fully saturated rings. The normalized spacial score (nSPS) is 12.6. The lowest BCUT2D eigenvalue weighted by Gasteiger charge is -2.12. The monoisotopic (exact) mass is 351 g/mol. The summed E-state index contributed by atoms with van der Waals surface area (Å²) < 4.78 is 3.04. The molecular weight excluding hydrogens is 330 g/mol. The zero-order valence-electron chi connectivity index (χ0n) is 12.6. The van der Waals surface area contributed by atoms with E-state index in [9.17, 15) is 5.11 Å². The Labute approximate surface area is 134 Å². The van der Waals surface area contributed by atoms with E-state index in [1.807, 2.05) is 16.8 Å². The van der Waals surface area contributed by atoms with E-state index in [2.05, 4.69) is 39.9 Å². The van der Waals surface area contributed by atoms with Gasteiger partial charge in [-0.1, -0.05) is 6.92 Å². The standard InChI is InChI=1S/C16H22BrN3O/c1-3-14-16(17)15(20(4-2)19-14)11-13(21)6-5-12-7-9-18-10-8-12/h7-10,13,21H,3-6,11H2,1-2H3. The Morgan fingerprint density at radius 2 is 2.00 bits per heavy atom. The summed E-state index contributed by atoms with van der Waals surface area (Å²) >= 11 is 3.62. The van der Waals surface area contributed by atoms with Gasteiger partial charge in [0.15, 0.2) is 0 Å². The summed E-state index contributed by atoms with van der Waals surface area (Å²) in [6, 6.07) is 3.99. The second-order valence-electron chi connectivity index (χ2n) is 5.13. The van der Waals surface area contributed by atoms with E-state index in [0.29, 0.717) is 6.42 Å². The predicted octanol–water partition coefficient (Wildman–Crippen LogP) is 3.16. The molecular formula is C16H22BrN3O. The summed E-state index contributed by atoms with van der Waals surface area (Å²) in [5, 5.41) is 14.9. The van der Waals surface area contributed by atoms with Crippen LogP contribution in [-0.4, -0.2) is 26.0 Å². The molecule has 2 heterocycles. The number of aryl methyl sites for hydroxylation is 3. The van der Waals surface area contributed by atoms with Crippen molar-refractivity contribution >= 4 is 15.9 Å². The van der Waals surface area contributed by atoms with Gasteiger partial charge < -0.3 is 5.11 Å². The van der Waals surface area contributed by atoms with Crippen molar-refractivity contribution in [1.82, 2.24) is 14.8 Å². The largest absolute Gasteiger partial charge is 0.393 e. The second-order valence-corrected chi connectivity index (χ2v) is 5.92. The number of nitrogens with zero attached hydrogens (tertiary/aromatic N) is 3. The van der Waals surface area contributed by atoms with E-state index in [-0.39, 0.29) is 6.10 Å². The molecule has 5 heteroatoms. The van der Waals surface area contributed by atoms with Gasteiger partial charge in [0, 0.05) is 25.4 Å². The summed E-state index contributed by atoms with van der Waals surface area (Å²) in [5.41, 5.74) is 3.37. The van der Waals surface area contributed by atoms with Gasteiger partial charge in [-0.25, -0.2) is 0 Å².